The van der Waals surface area contributed by atoms with Crippen LogP contribution in [0.4, 0.5) is 5.69 Å². The van der Waals surface area contributed by atoms with Crippen LogP contribution in [0.25, 0.3) is 0 Å². The molecule has 1 aliphatic rings. The van der Waals surface area contributed by atoms with Gasteiger partial charge in [-0.3, -0.25) is 4.99 Å². The molecule has 0 aromatic heterocycles. The Kier molecular flexibility index (Phi) is 9.15. The molecule has 136 valence electrons. The van der Waals surface area contributed by atoms with E-state index in [1.807, 2.05) is 6.07 Å². The van der Waals surface area contributed by atoms with E-state index in [0.29, 0.717) is 28.6 Å². The Morgan fingerprint density at radius 2 is 2.25 bits per heavy atom. The van der Waals surface area contributed by atoms with Gasteiger partial charge in [-0.2, -0.15) is 0 Å². The van der Waals surface area contributed by atoms with Crippen molar-refractivity contribution in [1.82, 2.24) is 4.90 Å². The lowest BCUT2D eigenvalue weighted by atomic mass is 10.1. The van der Waals surface area contributed by atoms with Crippen LogP contribution in [0.3, 0.4) is 0 Å². The number of rotatable bonds is 6. The SMILES string of the molecule is COc1ccc(NC(N)=NCC2CCN(CC(C)C)C2)cc1Cl.I. The number of nitrogens with zero attached hydrogens (tertiary/aromatic N) is 2. The van der Waals surface area contributed by atoms with Gasteiger partial charge < -0.3 is 20.7 Å². The van der Waals surface area contributed by atoms with Gasteiger partial charge in [0, 0.05) is 25.3 Å². The van der Waals surface area contributed by atoms with Crippen LogP contribution >= 0.6 is 35.6 Å². The summed E-state index contributed by atoms with van der Waals surface area (Å²) in [5.74, 6) is 2.37. The van der Waals surface area contributed by atoms with Crippen LogP contribution in [-0.4, -0.2) is 44.1 Å². The van der Waals surface area contributed by atoms with Crippen LogP contribution in [0, 0.1) is 11.8 Å². The molecule has 1 saturated heterocycles. The summed E-state index contributed by atoms with van der Waals surface area (Å²) in [7, 11) is 1.59. The second-order valence-corrected chi connectivity index (χ2v) is 6.92. The summed E-state index contributed by atoms with van der Waals surface area (Å²) in [4.78, 5) is 6.98. The first-order valence-corrected chi connectivity index (χ1v) is 8.48. The van der Waals surface area contributed by atoms with E-state index in [1.165, 1.54) is 13.0 Å². The van der Waals surface area contributed by atoms with Crippen molar-refractivity contribution >= 4 is 47.2 Å². The molecule has 1 aromatic carbocycles. The number of likely N-dealkylation sites (tertiary alicyclic amines) is 1. The largest absolute Gasteiger partial charge is 0.495 e. The van der Waals surface area contributed by atoms with E-state index in [-0.39, 0.29) is 24.0 Å². The first-order valence-electron chi connectivity index (χ1n) is 8.10. The Balaban J connectivity index is 0.00000288. The molecule has 0 amide bonds. The van der Waals surface area contributed by atoms with E-state index in [2.05, 4.69) is 29.1 Å². The number of nitrogens with two attached hydrogens (primary N) is 1. The van der Waals surface area contributed by atoms with Gasteiger partial charge in [-0.1, -0.05) is 25.4 Å². The van der Waals surface area contributed by atoms with Crippen LogP contribution in [-0.2, 0) is 0 Å². The van der Waals surface area contributed by atoms with Gasteiger partial charge in [0.25, 0.3) is 0 Å². The second kappa shape index (κ2) is 10.3. The van der Waals surface area contributed by atoms with Crippen LogP contribution < -0.4 is 15.8 Å². The number of ether oxygens (including phenoxy) is 1. The van der Waals surface area contributed by atoms with Crippen molar-refractivity contribution in [1.29, 1.82) is 0 Å². The van der Waals surface area contributed by atoms with E-state index < -0.39 is 0 Å². The first kappa shape index (κ1) is 21.3. The number of halogens is 2. The molecule has 0 radical (unpaired) electrons. The fraction of sp³-hybridized carbons (Fsp3) is 0.588. The molecule has 5 nitrogen and oxygen atoms in total. The lowest BCUT2D eigenvalue weighted by Crippen LogP contribution is -2.26. The second-order valence-electron chi connectivity index (χ2n) is 6.51. The van der Waals surface area contributed by atoms with Crippen molar-refractivity contribution in [2.45, 2.75) is 20.3 Å². The molecule has 1 atom stereocenters. The molecule has 1 fully saturated rings. The van der Waals surface area contributed by atoms with Crippen molar-refractivity contribution in [3.63, 3.8) is 0 Å². The predicted octanol–water partition coefficient (Wildman–Crippen LogP) is 3.67. The fourth-order valence-corrected chi connectivity index (χ4v) is 3.16. The number of aliphatic imine (C=N–C) groups is 1. The van der Waals surface area contributed by atoms with Gasteiger partial charge in [0.15, 0.2) is 5.96 Å². The van der Waals surface area contributed by atoms with Crippen molar-refractivity contribution in [3.8, 4) is 5.75 Å². The highest BCUT2D eigenvalue weighted by atomic mass is 127. The minimum atomic E-state index is 0. The summed E-state index contributed by atoms with van der Waals surface area (Å²) in [6, 6.07) is 5.45. The highest BCUT2D eigenvalue weighted by molar-refractivity contribution is 14.0. The van der Waals surface area contributed by atoms with E-state index >= 15 is 0 Å². The van der Waals surface area contributed by atoms with E-state index in [0.717, 1.165) is 25.3 Å². The smallest absolute Gasteiger partial charge is 0.193 e. The quantitative estimate of drug-likeness (QED) is 0.381. The first-order chi connectivity index (χ1) is 11.0. The van der Waals surface area contributed by atoms with E-state index in [9.17, 15) is 0 Å². The normalized spacial score (nSPS) is 18.5. The van der Waals surface area contributed by atoms with Gasteiger partial charge in [0.1, 0.15) is 5.75 Å². The van der Waals surface area contributed by atoms with Crippen molar-refractivity contribution < 1.29 is 4.74 Å². The number of anilines is 1. The van der Waals surface area contributed by atoms with Gasteiger partial charge in [-0.05, 0) is 43.0 Å². The standard InChI is InChI=1S/C17H27ClN4O.HI/c1-12(2)10-22-7-6-13(11-22)9-20-17(19)21-14-4-5-16(23-3)15(18)8-14;/h4-5,8,12-13H,6-7,9-11H2,1-3H3,(H3,19,20,21);1H. The highest BCUT2D eigenvalue weighted by Gasteiger charge is 2.22. The summed E-state index contributed by atoms with van der Waals surface area (Å²) in [5, 5.41) is 3.62. The third-order valence-electron chi connectivity index (χ3n) is 3.94. The number of hydrogen-bond acceptors (Lipinski definition) is 3. The highest BCUT2D eigenvalue weighted by Crippen LogP contribution is 2.27. The summed E-state index contributed by atoms with van der Waals surface area (Å²) in [6.07, 6.45) is 1.19. The molecule has 3 N–H and O–H groups in total. The molecular formula is C17H28ClIN4O. The lowest BCUT2D eigenvalue weighted by molar-refractivity contribution is 0.288. The predicted molar refractivity (Wildman–Crippen MR) is 113 cm³/mol. The molecule has 1 heterocycles. The van der Waals surface area contributed by atoms with Gasteiger partial charge in [0.05, 0.1) is 12.1 Å². The lowest BCUT2D eigenvalue weighted by Gasteiger charge is -2.17. The number of nitrogens with one attached hydrogen (secondary N) is 1. The molecule has 2 rings (SSSR count). The van der Waals surface area contributed by atoms with Gasteiger partial charge in [-0.15, -0.1) is 24.0 Å². The molecule has 24 heavy (non-hydrogen) atoms. The molecule has 0 saturated carbocycles. The van der Waals surface area contributed by atoms with Gasteiger partial charge in [0.2, 0.25) is 0 Å². The maximum Gasteiger partial charge on any atom is 0.193 e. The Morgan fingerprint density at radius 3 is 2.88 bits per heavy atom. The molecule has 1 aliphatic heterocycles. The zero-order valence-corrected chi connectivity index (χ0v) is 17.7. The monoisotopic (exact) mass is 466 g/mol. The average Bonchev–Trinajstić information content (AvgIpc) is 2.92. The van der Waals surface area contributed by atoms with Gasteiger partial charge >= 0.3 is 0 Å². The Morgan fingerprint density at radius 1 is 1.50 bits per heavy atom. The van der Waals surface area contributed by atoms with Crippen molar-refractivity contribution in [2.75, 3.05) is 38.6 Å². The minimum absolute atomic E-state index is 0. The summed E-state index contributed by atoms with van der Waals surface area (Å²) in [5.41, 5.74) is 6.78. The molecule has 1 unspecified atom stereocenters. The zero-order valence-electron chi connectivity index (χ0n) is 14.6. The van der Waals surface area contributed by atoms with Crippen LogP contribution in [0.15, 0.2) is 23.2 Å². The summed E-state index contributed by atoms with van der Waals surface area (Å²) < 4.78 is 5.13. The third kappa shape index (κ3) is 6.64. The molecule has 0 aliphatic carbocycles. The third-order valence-corrected chi connectivity index (χ3v) is 4.23. The zero-order chi connectivity index (χ0) is 16.8. The van der Waals surface area contributed by atoms with Crippen LogP contribution in [0.5, 0.6) is 5.75 Å². The van der Waals surface area contributed by atoms with E-state index in [1.54, 1.807) is 19.2 Å². The Labute approximate surface area is 167 Å². The number of methoxy groups -OCH3 is 1. The summed E-state index contributed by atoms with van der Waals surface area (Å²) in [6.45, 7) is 8.72. The maximum absolute atomic E-state index is 6.10. The molecule has 0 bridgehead atoms. The van der Waals surface area contributed by atoms with Crippen molar-refractivity contribution in [3.05, 3.63) is 23.2 Å². The van der Waals surface area contributed by atoms with Crippen LogP contribution in [0.2, 0.25) is 5.02 Å². The Bertz CT molecular complexity index is 553. The minimum Gasteiger partial charge on any atom is -0.495 e. The van der Waals surface area contributed by atoms with Crippen molar-refractivity contribution in [2.24, 2.45) is 22.6 Å². The number of benzene rings is 1. The topological polar surface area (TPSA) is 62.9 Å². The van der Waals surface area contributed by atoms with Gasteiger partial charge in [-0.25, -0.2) is 0 Å². The number of guanidine groups is 1. The molecule has 7 heteroatoms. The average molecular weight is 467 g/mol. The van der Waals surface area contributed by atoms with Crippen LogP contribution in [0.1, 0.15) is 20.3 Å². The van der Waals surface area contributed by atoms with E-state index in [4.69, 9.17) is 22.1 Å². The maximum atomic E-state index is 6.10. The Hall–Kier alpha value is -0.730. The fourth-order valence-electron chi connectivity index (χ4n) is 2.90. The molecule has 0 spiro atoms. The molecule has 1 aromatic rings. The summed E-state index contributed by atoms with van der Waals surface area (Å²) >= 11 is 6.10. The molecular weight excluding hydrogens is 439 g/mol. The number of hydrogen-bond donors (Lipinski definition) is 2.